The highest BCUT2D eigenvalue weighted by molar-refractivity contribution is 5.83. The van der Waals surface area contributed by atoms with E-state index in [1.54, 1.807) is 24.3 Å². The molecule has 1 saturated heterocycles. The van der Waals surface area contributed by atoms with Crippen molar-refractivity contribution in [3.05, 3.63) is 76.9 Å². The first-order valence-corrected chi connectivity index (χ1v) is 6.18. The zero-order valence-corrected chi connectivity index (χ0v) is 10.3. The van der Waals surface area contributed by atoms with Gasteiger partial charge in [-0.2, -0.15) is 0 Å². The summed E-state index contributed by atoms with van der Waals surface area (Å²) in [7, 11) is 0. The van der Waals surface area contributed by atoms with Gasteiger partial charge < -0.3 is 5.32 Å². The molecule has 2 aromatic carbocycles. The molecule has 1 heterocycles. The Kier molecular flexibility index (Phi) is 3.13. The molecule has 0 aliphatic carbocycles. The zero-order valence-electron chi connectivity index (χ0n) is 10.3. The predicted octanol–water partition coefficient (Wildman–Crippen LogP) is 3.37. The van der Waals surface area contributed by atoms with Crippen molar-refractivity contribution in [3.63, 3.8) is 0 Å². The molecule has 0 bridgehead atoms. The zero-order chi connectivity index (χ0) is 13.2. The van der Waals surface area contributed by atoms with Crippen molar-refractivity contribution in [3.8, 4) is 0 Å². The van der Waals surface area contributed by atoms with Crippen LogP contribution in [0.4, 0.5) is 8.78 Å². The lowest BCUT2D eigenvalue weighted by Gasteiger charge is -2.24. The van der Waals surface area contributed by atoms with E-state index in [4.69, 9.17) is 0 Å². The number of rotatable bonds is 2. The molecule has 1 aliphatic rings. The molecule has 1 nitrogen and oxygen atoms in total. The van der Waals surface area contributed by atoms with Crippen molar-refractivity contribution in [2.24, 2.45) is 0 Å². The molecule has 0 atom stereocenters. The molecular weight excluding hydrogens is 244 g/mol. The van der Waals surface area contributed by atoms with E-state index in [2.05, 4.69) is 5.32 Å². The Hall–Kier alpha value is -2.00. The van der Waals surface area contributed by atoms with Crippen LogP contribution >= 0.6 is 0 Å². The lowest BCUT2D eigenvalue weighted by molar-refractivity contribution is 0.627. The van der Waals surface area contributed by atoms with Crippen LogP contribution in [0, 0.1) is 11.6 Å². The van der Waals surface area contributed by atoms with Gasteiger partial charge in [-0.05, 0) is 46.5 Å². The van der Waals surface area contributed by atoms with Crippen molar-refractivity contribution >= 4 is 5.57 Å². The highest BCUT2D eigenvalue weighted by Gasteiger charge is 2.17. The van der Waals surface area contributed by atoms with Crippen molar-refractivity contribution in [2.75, 3.05) is 13.1 Å². The Labute approximate surface area is 110 Å². The second kappa shape index (κ2) is 4.94. The molecule has 1 aliphatic heterocycles. The summed E-state index contributed by atoms with van der Waals surface area (Å²) in [5.74, 6) is -0.502. The van der Waals surface area contributed by atoms with E-state index in [0.717, 1.165) is 29.8 Å². The van der Waals surface area contributed by atoms with Crippen molar-refractivity contribution in [2.45, 2.75) is 0 Å². The van der Waals surface area contributed by atoms with Gasteiger partial charge in [0.25, 0.3) is 0 Å². The molecule has 1 fully saturated rings. The van der Waals surface area contributed by atoms with E-state index in [1.807, 2.05) is 0 Å². The average Bonchev–Trinajstić information content (AvgIpc) is 2.36. The summed E-state index contributed by atoms with van der Waals surface area (Å²) >= 11 is 0. The smallest absolute Gasteiger partial charge is 0.123 e. The quantitative estimate of drug-likeness (QED) is 0.869. The van der Waals surface area contributed by atoms with E-state index in [-0.39, 0.29) is 11.6 Å². The third-order valence-corrected chi connectivity index (χ3v) is 3.30. The lowest BCUT2D eigenvalue weighted by atomic mass is 9.90. The van der Waals surface area contributed by atoms with E-state index in [9.17, 15) is 8.78 Å². The third-order valence-electron chi connectivity index (χ3n) is 3.30. The minimum Gasteiger partial charge on any atom is -0.309 e. The molecule has 96 valence electrons. The highest BCUT2D eigenvalue weighted by atomic mass is 19.1. The Balaban J connectivity index is 2.09. The van der Waals surface area contributed by atoms with Gasteiger partial charge in [-0.1, -0.05) is 24.3 Å². The third kappa shape index (κ3) is 2.42. The minimum absolute atomic E-state index is 0.251. The maximum absolute atomic E-state index is 13.0. The van der Waals surface area contributed by atoms with Gasteiger partial charge in [-0.3, -0.25) is 0 Å². The van der Waals surface area contributed by atoms with Gasteiger partial charge in [-0.15, -0.1) is 0 Å². The summed E-state index contributed by atoms with van der Waals surface area (Å²) in [6.45, 7) is 1.65. The fourth-order valence-corrected chi connectivity index (χ4v) is 2.23. The van der Waals surface area contributed by atoms with Crippen LogP contribution in [-0.4, -0.2) is 13.1 Å². The second-order valence-electron chi connectivity index (χ2n) is 4.60. The predicted molar refractivity (Wildman–Crippen MR) is 71.7 cm³/mol. The maximum atomic E-state index is 13.0. The van der Waals surface area contributed by atoms with E-state index in [1.165, 1.54) is 29.8 Å². The molecule has 0 unspecified atom stereocenters. The van der Waals surface area contributed by atoms with Gasteiger partial charge in [0.15, 0.2) is 0 Å². The first kappa shape index (κ1) is 12.1. The summed E-state index contributed by atoms with van der Waals surface area (Å²) < 4.78 is 26.0. The summed E-state index contributed by atoms with van der Waals surface area (Å²) in [6, 6.07) is 12.9. The van der Waals surface area contributed by atoms with Gasteiger partial charge >= 0.3 is 0 Å². The number of hydrogen-bond acceptors (Lipinski definition) is 1. The van der Waals surface area contributed by atoms with Crippen LogP contribution < -0.4 is 5.32 Å². The Morgan fingerprint density at radius 1 is 0.737 bits per heavy atom. The molecular formula is C16H13F2N. The Morgan fingerprint density at radius 2 is 1.16 bits per heavy atom. The SMILES string of the molecule is Fc1ccc(C(=C2CNC2)c2ccc(F)cc2)cc1. The van der Waals surface area contributed by atoms with E-state index < -0.39 is 0 Å². The van der Waals surface area contributed by atoms with Crippen LogP contribution in [0.15, 0.2) is 54.1 Å². The maximum Gasteiger partial charge on any atom is 0.123 e. The van der Waals surface area contributed by atoms with E-state index >= 15 is 0 Å². The second-order valence-corrected chi connectivity index (χ2v) is 4.60. The van der Waals surface area contributed by atoms with E-state index in [0.29, 0.717) is 0 Å². The molecule has 0 radical (unpaired) electrons. The number of benzene rings is 2. The first-order chi connectivity index (χ1) is 9.24. The van der Waals surface area contributed by atoms with Crippen molar-refractivity contribution < 1.29 is 8.78 Å². The fraction of sp³-hybridized carbons (Fsp3) is 0.125. The minimum atomic E-state index is -0.251. The lowest BCUT2D eigenvalue weighted by Crippen LogP contribution is -2.34. The van der Waals surface area contributed by atoms with Crippen LogP contribution in [0.1, 0.15) is 11.1 Å². The number of hydrogen-bond donors (Lipinski definition) is 1. The number of halogens is 2. The topological polar surface area (TPSA) is 12.0 Å². The number of nitrogens with one attached hydrogen (secondary N) is 1. The molecule has 3 heteroatoms. The largest absolute Gasteiger partial charge is 0.309 e. The summed E-state index contributed by atoms with van der Waals surface area (Å²) in [4.78, 5) is 0. The van der Waals surface area contributed by atoms with Gasteiger partial charge in [0, 0.05) is 13.1 Å². The van der Waals surface area contributed by atoms with Crippen molar-refractivity contribution in [1.82, 2.24) is 5.32 Å². The van der Waals surface area contributed by atoms with Crippen LogP contribution in [0.3, 0.4) is 0 Å². The van der Waals surface area contributed by atoms with Crippen LogP contribution in [0.2, 0.25) is 0 Å². The molecule has 19 heavy (non-hydrogen) atoms. The molecule has 2 aromatic rings. The summed E-state index contributed by atoms with van der Waals surface area (Å²) in [6.07, 6.45) is 0. The van der Waals surface area contributed by atoms with Gasteiger partial charge in [0.2, 0.25) is 0 Å². The first-order valence-electron chi connectivity index (χ1n) is 6.18. The summed E-state index contributed by atoms with van der Waals surface area (Å²) in [5, 5.41) is 3.20. The fourth-order valence-electron chi connectivity index (χ4n) is 2.23. The normalized spacial score (nSPS) is 14.1. The molecule has 1 N–H and O–H groups in total. The molecule has 3 rings (SSSR count). The molecule has 0 saturated carbocycles. The van der Waals surface area contributed by atoms with Gasteiger partial charge in [0.1, 0.15) is 11.6 Å². The van der Waals surface area contributed by atoms with Gasteiger partial charge in [0.05, 0.1) is 0 Å². The monoisotopic (exact) mass is 257 g/mol. The van der Waals surface area contributed by atoms with Crippen LogP contribution in [0.25, 0.3) is 5.57 Å². The van der Waals surface area contributed by atoms with Crippen molar-refractivity contribution in [1.29, 1.82) is 0 Å². The molecule has 0 aromatic heterocycles. The van der Waals surface area contributed by atoms with Crippen LogP contribution in [0.5, 0.6) is 0 Å². The van der Waals surface area contributed by atoms with Gasteiger partial charge in [-0.25, -0.2) is 8.78 Å². The Bertz CT molecular complexity index is 559. The summed E-state index contributed by atoms with van der Waals surface area (Å²) in [5.41, 5.74) is 4.26. The average molecular weight is 257 g/mol. The molecule has 0 amide bonds. The van der Waals surface area contributed by atoms with Crippen LogP contribution in [-0.2, 0) is 0 Å². The highest BCUT2D eigenvalue weighted by Crippen LogP contribution is 2.29. The standard InChI is InChI=1S/C16H13F2N/c17-14-5-1-11(2-6-14)16(13-9-19-10-13)12-3-7-15(18)8-4-12/h1-8,19H,9-10H2. The molecule has 0 spiro atoms. The Morgan fingerprint density at radius 3 is 1.47 bits per heavy atom.